The summed E-state index contributed by atoms with van der Waals surface area (Å²) in [5, 5.41) is 12.0. The van der Waals surface area contributed by atoms with E-state index >= 15 is 0 Å². The summed E-state index contributed by atoms with van der Waals surface area (Å²) in [6.45, 7) is 10.1. The predicted octanol–water partition coefficient (Wildman–Crippen LogP) is 1.92. The van der Waals surface area contributed by atoms with Crippen LogP contribution in [0.4, 0.5) is 0 Å². The average molecular weight is 251 g/mol. The average Bonchev–Trinajstić information content (AvgIpc) is 2.35. The molecule has 1 atom stereocenters. The zero-order valence-corrected chi connectivity index (χ0v) is 12.0. The molecule has 1 rings (SSSR count). The van der Waals surface area contributed by atoms with Crippen LogP contribution in [0.5, 0.6) is 0 Å². The lowest BCUT2D eigenvalue weighted by Gasteiger charge is -2.38. The Hall–Kier alpha value is -1.08. The summed E-state index contributed by atoms with van der Waals surface area (Å²) in [6, 6.07) is 1.77. The van der Waals surface area contributed by atoms with Gasteiger partial charge in [0.15, 0.2) is 0 Å². The van der Waals surface area contributed by atoms with Crippen LogP contribution in [0, 0.1) is 17.2 Å². The van der Waals surface area contributed by atoms with Crippen LogP contribution < -0.4 is 5.32 Å². The first-order valence-corrected chi connectivity index (χ1v) is 6.80. The molecule has 1 N–H and O–H groups in total. The quantitative estimate of drug-likeness (QED) is 0.830. The van der Waals surface area contributed by atoms with Gasteiger partial charge in [-0.1, -0.05) is 13.8 Å². The molecule has 4 heteroatoms. The van der Waals surface area contributed by atoms with Crippen LogP contribution in [-0.4, -0.2) is 35.5 Å². The van der Waals surface area contributed by atoms with E-state index < -0.39 is 0 Å². The van der Waals surface area contributed by atoms with E-state index in [1.807, 2.05) is 4.90 Å². The highest BCUT2D eigenvalue weighted by Crippen LogP contribution is 2.24. The van der Waals surface area contributed by atoms with Gasteiger partial charge in [-0.3, -0.25) is 4.79 Å². The number of carbonyl (C=O) groups excluding carboxylic acids is 1. The lowest BCUT2D eigenvalue weighted by molar-refractivity contribution is -0.137. The van der Waals surface area contributed by atoms with E-state index in [1.165, 1.54) is 0 Å². The summed E-state index contributed by atoms with van der Waals surface area (Å²) in [4.78, 5) is 14.4. The summed E-state index contributed by atoms with van der Waals surface area (Å²) in [5.74, 6) is 0.666. The van der Waals surface area contributed by atoms with Crippen molar-refractivity contribution in [2.24, 2.45) is 5.92 Å². The monoisotopic (exact) mass is 251 g/mol. The van der Waals surface area contributed by atoms with Gasteiger partial charge in [0.1, 0.15) is 0 Å². The lowest BCUT2D eigenvalue weighted by atomic mass is 9.97. The maximum absolute atomic E-state index is 12.5. The number of nitrogens with one attached hydrogen (secondary N) is 1. The Balaban J connectivity index is 2.82. The summed E-state index contributed by atoms with van der Waals surface area (Å²) in [5.41, 5.74) is -0.122. The molecule has 0 radical (unpaired) electrons. The molecule has 0 bridgehead atoms. The van der Waals surface area contributed by atoms with E-state index in [0.29, 0.717) is 5.92 Å². The van der Waals surface area contributed by atoms with Crippen LogP contribution in [0.2, 0.25) is 0 Å². The third-order valence-electron chi connectivity index (χ3n) is 3.65. The number of nitriles is 1. The molecule has 1 aliphatic rings. The molecular formula is C14H25N3O. The van der Waals surface area contributed by atoms with Gasteiger partial charge in [-0.2, -0.15) is 5.26 Å². The van der Waals surface area contributed by atoms with Crippen molar-refractivity contribution in [1.29, 1.82) is 5.26 Å². The van der Waals surface area contributed by atoms with Crippen molar-refractivity contribution in [3.8, 4) is 6.07 Å². The molecule has 1 saturated heterocycles. The normalized spacial score (nSPS) is 23.9. The van der Waals surface area contributed by atoms with Crippen molar-refractivity contribution in [2.75, 3.05) is 13.1 Å². The fourth-order valence-electron chi connectivity index (χ4n) is 2.31. The van der Waals surface area contributed by atoms with Gasteiger partial charge in [-0.15, -0.1) is 0 Å². The highest BCUT2D eigenvalue weighted by molar-refractivity contribution is 5.83. The molecule has 0 aromatic heterocycles. The highest BCUT2D eigenvalue weighted by atomic mass is 16.2. The van der Waals surface area contributed by atoms with Gasteiger partial charge >= 0.3 is 0 Å². The van der Waals surface area contributed by atoms with Gasteiger partial charge in [0.2, 0.25) is 5.91 Å². The Morgan fingerprint density at radius 2 is 2.22 bits per heavy atom. The van der Waals surface area contributed by atoms with Crippen molar-refractivity contribution >= 4 is 5.91 Å². The van der Waals surface area contributed by atoms with E-state index in [-0.39, 0.29) is 23.9 Å². The highest BCUT2D eigenvalue weighted by Gasteiger charge is 2.37. The van der Waals surface area contributed by atoms with Crippen LogP contribution in [0.3, 0.4) is 0 Å². The smallest absolute Gasteiger partial charge is 0.241 e. The first-order valence-electron chi connectivity index (χ1n) is 6.80. The van der Waals surface area contributed by atoms with E-state index in [0.717, 1.165) is 25.9 Å². The first-order chi connectivity index (χ1) is 8.38. The zero-order chi connectivity index (χ0) is 13.8. The van der Waals surface area contributed by atoms with E-state index in [1.54, 1.807) is 0 Å². The van der Waals surface area contributed by atoms with E-state index in [4.69, 9.17) is 5.26 Å². The Morgan fingerprint density at radius 3 is 2.78 bits per heavy atom. The summed E-state index contributed by atoms with van der Waals surface area (Å²) >= 11 is 0. The van der Waals surface area contributed by atoms with Gasteiger partial charge in [-0.25, -0.2) is 0 Å². The number of nitrogens with zero attached hydrogens (tertiary/aromatic N) is 2. The second-order valence-corrected chi connectivity index (χ2v) is 6.10. The molecule has 1 aliphatic heterocycles. The SMILES string of the molecule is CC(C)CCN1C(=O)C(CC#N)NCCC1(C)C. The maximum atomic E-state index is 12.5. The Morgan fingerprint density at radius 1 is 1.56 bits per heavy atom. The topological polar surface area (TPSA) is 56.1 Å². The van der Waals surface area contributed by atoms with Crippen LogP contribution in [0.15, 0.2) is 0 Å². The molecule has 0 aromatic carbocycles. The third-order valence-corrected chi connectivity index (χ3v) is 3.65. The standard InChI is InChI=1S/C14H25N3O/c1-11(2)6-10-17-13(18)12(5-8-15)16-9-7-14(17,3)4/h11-12,16H,5-7,9-10H2,1-4H3. The van der Waals surface area contributed by atoms with Gasteiger partial charge < -0.3 is 10.2 Å². The second kappa shape index (κ2) is 6.19. The van der Waals surface area contributed by atoms with Crippen LogP contribution in [0.25, 0.3) is 0 Å². The van der Waals surface area contributed by atoms with Gasteiger partial charge in [0, 0.05) is 12.1 Å². The minimum atomic E-state index is -0.330. The Bertz CT molecular complexity index is 330. The maximum Gasteiger partial charge on any atom is 0.241 e. The molecule has 1 unspecified atom stereocenters. The summed E-state index contributed by atoms with van der Waals surface area (Å²) in [7, 11) is 0. The summed E-state index contributed by atoms with van der Waals surface area (Å²) in [6.07, 6.45) is 2.19. The number of hydrogen-bond acceptors (Lipinski definition) is 3. The van der Waals surface area contributed by atoms with Gasteiger partial charge in [0.05, 0.1) is 18.5 Å². The molecule has 4 nitrogen and oxygen atoms in total. The molecule has 102 valence electrons. The molecule has 0 aromatic rings. The first kappa shape index (κ1) is 15.0. The second-order valence-electron chi connectivity index (χ2n) is 6.10. The Labute approximate surface area is 110 Å². The van der Waals surface area contributed by atoms with Crippen molar-refractivity contribution in [3.63, 3.8) is 0 Å². The van der Waals surface area contributed by atoms with E-state index in [9.17, 15) is 4.79 Å². The molecule has 1 amide bonds. The van der Waals surface area contributed by atoms with Crippen LogP contribution in [-0.2, 0) is 4.79 Å². The van der Waals surface area contributed by atoms with Crippen molar-refractivity contribution < 1.29 is 4.79 Å². The van der Waals surface area contributed by atoms with Crippen molar-refractivity contribution in [1.82, 2.24) is 10.2 Å². The molecule has 1 fully saturated rings. The van der Waals surface area contributed by atoms with Crippen LogP contribution in [0.1, 0.15) is 47.0 Å². The molecule has 0 aliphatic carbocycles. The minimum absolute atomic E-state index is 0.0831. The summed E-state index contributed by atoms with van der Waals surface area (Å²) < 4.78 is 0. The third kappa shape index (κ3) is 3.71. The lowest BCUT2D eigenvalue weighted by Crippen LogP contribution is -2.51. The molecular weight excluding hydrogens is 226 g/mol. The fourth-order valence-corrected chi connectivity index (χ4v) is 2.31. The largest absolute Gasteiger partial charge is 0.336 e. The molecule has 18 heavy (non-hydrogen) atoms. The van der Waals surface area contributed by atoms with Crippen molar-refractivity contribution in [3.05, 3.63) is 0 Å². The molecule has 0 saturated carbocycles. The van der Waals surface area contributed by atoms with E-state index in [2.05, 4.69) is 39.1 Å². The molecule has 1 heterocycles. The minimum Gasteiger partial charge on any atom is -0.336 e. The number of amides is 1. The molecule has 0 spiro atoms. The number of carbonyl (C=O) groups is 1. The fraction of sp³-hybridized carbons (Fsp3) is 0.857. The Kier molecular flexibility index (Phi) is 5.15. The van der Waals surface area contributed by atoms with Crippen molar-refractivity contribution in [2.45, 2.75) is 58.5 Å². The number of rotatable bonds is 4. The van der Waals surface area contributed by atoms with Gasteiger partial charge in [-0.05, 0) is 39.2 Å². The zero-order valence-electron chi connectivity index (χ0n) is 12.0. The van der Waals surface area contributed by atoms with Crippen LogP contribution >= 0.6 is 0 Å². The van der Waals surface area contributed by atoms with Gasteiger partial charge in [0.25, 0.3) is 0 Å². The number of hydrogen-bond donors (Lipinski definition) is 1. The predicted molar refractivity (Wildman–Crippen MR) is 71.9 cm³/mol.